The van der Waals surface area contributed by atoms with Gasteiger partial charge in [-0.05, 0) is 42.2 Å². The molecule has 0 spiro atoms. The molecule has 0 aliphatic carbocycles. The van der Waals surface area contributed by atoms with E-state index in [2.05, 4.69) is 42.5 Å². The van der Waals surface area contributed by atoms with Gasteiger partial charge in [0.1, 0.15) is 5.75 Å². The van der Waals surface area contributed by atoms with Crippen molar-refractivity contribution in [1.82, 2.24) is 0 Å². The van der Waals surface area contributed by atoms with Gasteiger partial charge in [-0.3, -0.25) is 0 Å². The van der Waals surface area contributed by atoms with Gasteiger partial charge in [-0.1, -0.05) is 36.4 Å². The maximum Gasteiger partial charge on any atom is 0.200 e. The highest BCUT2D eigenvalue weighted by Gasteiger charge is 2.19. The first-order chi connectivity index (χ1) is 9.36. The molecule has 0 fully saturated rings. The van der Waals surface area contributed by atoms with Crippen LogP contribution in [0.5, 0.6) is 5.75 Å². The monoisotopic (exact) mass is 254 g/mol. The van der Waals surface area contributed by atoms with Crippen LogP contribution in [0.4, 0.5) is 0 Å². The van der Waals surface area contributed by atoms with Gasteiger partial charge in [-0.2, -0.15) is 0 Å². The van der Waals surface area contributed by atoms with Crippen molar-refractivity contribution in [2.24, 2.45) is 0 Å². The molecular formula is C17H18O2. The van der Waals surface area contributed by atoms with E-state index in [1.165, 1.54) is 16.7 Å². The Labute approximate surface area is 114 Å². The van der Waals surface area contributed by atoms with E-state index in [0.29, 0.717) is 6.61 Å². The molecule has 2 nitrogen and oxygen atoms in total. The number of aryl methyl sites for hydroxylation is 1. The third kappa shape index (κ3) is 2.64. The third-order valence-electron chi connectivity index (χ3n) is 3.43. The fraction of sp³-hybridized carbons (Fsp3) is 0.294. The highest BCUT2D eigenvalue weighted by molar-refractivity contribution is 5.65. The van der Waals surface area contributed by atoms with Crippen molar-refractivity contribution in [3.8, 4) is 16.9 Å². The smallest absolute Gasteiger partial charge is 0.200 e. The molecule has 1 atom stereocenters. The van der Waals surface area contributed by atoms with Gasteiger partial charge in [0.05, 0.1) is 0 Å². The summed E-state index contributed by atoms with van der Waals surface area (Å²) in [5.74, 6) is 0.962. The molecule has 0 radical (unpaired) electrons. The maximum absolute atomic E-state index is 5.84. The Kier molecular flexibility index (Phi) is 3.51. The van der Waals surface area contributed by atoms with E-state index >= 15 is 0 Å². The van der Waals surface area contributed by atoms with E-state index in [9.17, 15) is 0 Å². The second kappa shape index (κ2) is 5.45. The fourth-order valence-electron chi connectivity index (χ4n) is 2.48. The van der Waals surface area contributed by atoms with E-state index in [0.717, 1.165) is 18.6 Å². The van der Waals surface area contributed by atoms with Crippen LogP contribution in [-0.2, 0) is 11.2 Å². The predicted octanol–water partition coefficient (Wildman–Crippen LogP) is 4.04. The lowest BCUT2D eigenvalue weighted by atomic mass is 9.99. The minimum Gasteiger partial charge on any atom is -0.465 e. The lowest BCUT2D eigenvalue weighted by Gasteiger charge is -2.26. The van der Waals surface area contributed by atoms with Crippen molar-refractivity contribution < 1.29 is 9.47 Å². The Morgan fingerprint density at radius 1 is 1.11 bits per heavy atom. The molecule has 98 valence electrons. The minimum absolute atomic E-state index is 0.0833. The average Bonchev–Trinajstić information content (AvgIpc) is 2.48. The number of rotatable bonds is 3. The summed E-state index contributed by atoms with van der Waals surface area (Å²) >= 11 is 0. The highest BCUT2D eigenvalue weighted by atomic mass is 16.7. The van der Waals surface area contributed by atoms with E-state index in [1.54, 1.807) is 0 Å². The second-order valence-corrected chi connectivity index (χ2v) is 4.73. The first-order valence-corrected chi connectivity index (χ1v) is 6.83. The average molecular weight is 254 g/mol. The molecule has 2 heteroatoms. The van der Waals surface area contributed by atoms with Crippen LogP contribution in [0.3, 0.4) is 0 Å². The Morgan fingerprint density at radius 2 is 1.95 bits per heavy atom. The zero-order valence-corrected chi connectivity index (χ0v) is 11.1. The zero-order chi connectivity index (χ0) is 13.1. The standard InChI is InChI=1S/C17H18O2/c1-2-18-17-11-9-15-12-14(8-10-16(15)19-17)13-6-4-3-5-7-13/h3-8,10,12,17H,2,9,11H2,1H3. The Hall–Kier alpha value is -1.80. The van der Waals surface area contributed by atoms with Crippen molar-refractivity contribution in [3.05, 3.63) is 54.1 Å². The van der Waals surface area contributed by atoms with Gasteiger partial charge in [-0.25, -0.2) is 0 Å². The van der Waals surface area contributed by atoms with E-state index in [4.69, 9.17) is 9.47 Å². The van der Waals surface area contributed by atoms with Crippen LogP contribution in [0.25, 0.3) is 11.1 Å². The minimum atomic E-state index is -0.0833. The van der Waals surface area contributed by atoms with Gasteiger partial charge < -0.3 is 9.47 Å². The van der Waals surface area contributed by atoms with Crippen LogP contribution in [0.2, 0.25) is 0 Å². The summed E-state index contributed by atoms with van der Waals surface area (Å²) < 4.78 is 11.4. The van der Waals surface area contributed by atoms with Gasteiger partial charge in [-0.15, -0.1) is 0 Å². The number of benzene rings is 2. The first kappa shape index (κ1) is 12.2. The number of ether oxygens (including phenoxy) is 2. The Bertz CT molecular complexity index is 548. The number of hydrogen-bond acceptors (Lipinski definition) is 2. The molecule has 1 heterocycles. The van der Waals surface area contributed by atoms with Crippen LogP contribution in [-0.4, -0.2) is 12.9 Å². The topological polar surface area (TPSA) is 18.5 Å². The molecule has 0 N–H and O–H groups in total. The Morgan fingerprint density at radius 3 is 2.74 bits per heavy atom. The van der Waals surface area contributed by atoms with E-state index in [1.807, 2.05) is 13.0 Å². The second-order valence-electron chi connectivity index (χ2n) is 4.73. The SMILES string of the molecule is CCOC1CCc2cc(-c3ccccc3)ccc2O1. The van der Waals surface area contributed by atoms with Crippen molar-refractivity contribution in [2.45, 2.75) is 26.1 Å². The van der Waals surface area contributed by atoms with Crippen LogP contribution >= 0.6 is 0 Å². The molecule has 3 rings (SSSR count). The highest BCUT2D eigenvalue weighted by Crippen LogP contribution is 2.32. The molecule has 2 aromatic carbocycles. The third-order valence-corrected chi connectivity index (χ3v) is 3.43. The number of hydrogen-bond donors (Lipinski definition) is 0. The fourth-order valence-corrected chi connectivity index (χ4v) is 2.48. The summed E-state index contributed by atoms with van der Waals surface area (Å²) in [6, 6.07) is 16.8. The molecule has 0 bridgehead atoms. The summed E-state index contributed by atoms with van der Waals surface area (Å²) in [5.41, 5.74) is 3.77. The molecule has 1 aliphatic heterocycles. The van der Waals surface area contributed by atoms with Crippen LogP contribution in [0, 0.1) is 0 Å². The predicted molar refractivity (Wildman–Crippen MR) is 76.2 cm³/mol. The van der Waals surface area contributed by atoms with Gasteiger partial charge in [0, 0.05) is 13.0 Å². The van der Waals surface area contributed by atoms with Crippen LogP contribution in [0.15, 0.2) is 48.5 Å². The van der Waals surface area contributed by atoms with Crippen molar-refractivity contribution >= 4 is 0 Å². The van der Waals surface area contributed by atoms with E-state index < -0.39 is 0 Å². The van der Waals surface area contributed by atoms with Crippen LogP contribution in [0.1, 0.15) is 18.9 Å². The molecule has 0 saturated heterocycles. The molecule has 0 amide bonds. The van der Waals surface area contributed by atoms with Gasteiger partial charge >= 0.3 is 0 Å². The largest absolute Gasteiger partial charge is 0.465 e. The summed E-state index contributed by atoms with van der Waals surface area (Å²) in [4.78, 5) is 0. The lowest BCUT2D eigenvalue weighted by Crippen LogP contribution is -2.25. The van der Waals surface area contributed by atoms with Crippen molar-refractivity contribution in [2.75, 3.05) is 6.61 Å². The first-order valence-electron chi connectivity index (χ1n) is 6.83. The van der Waals surface area contributed by atoms with Crippen molar-refractivity contribution in [1.29, 1.82) is 0 Å². The molecule has 19 heavy (non-hydrogen) atoms. The van der Waals surface area contributed by atoms with Crippen molar-refractivity contribution in [3.63, 3.8) is 0 Å². The molecule has 0 aromatic heterocycles. The quantitative estimate of drug-likeness (QED) is 0.823. The normalized spacial score (nSPS) is 17.6. The molecule has 0 saturated carbocycles. The maximum atomic E-state index is 5.84. The van der Waals surface area contributed by atoms with Gasteiger partial charge in [0.25, 0.3) is 0 Å². The Balaban J connectivity index is 1.86. The van der Waals surface area contributed by atoms with Gasteiger partial charge in [0.15, 0.2) is 6.29 Å². The molecule has 1 unspecified atom stereocenters. The number of fused-ring (bicyclic) bond motifs is 1. The van der Waals surface area contributed by atoms with Crippen LogP contribution < -0.4 is 4.74 Å². The zero-order valence-electron chi connectivity index (χ0n) is 11.1. The molecule has 1 aliphatic rings. The lowest BCUT2D eigenvalue weighted by molar-refractivity contribution is -0.0861. The van der Waals surface area contributed by atoms with E-state index in [-0.39, 0.29) is 6.29 Å². The summed E-state index contributed by atoms with van der Waals surface area (Å²) in [6.07, 6.45) is 1.86. The molecular weight excluding hydrogens is 236 g/mol. The summed E-state index contributed by atoms with van der Waals surface area (Å²) in [6.45, 7) is 2.69. The van der Waals surface area contributed by atoms with Gasteiger partial charge in [0.2, 0.25) is 0 Å². The summed E-state index contributed by atoms with van der Waals surface area (Å²) in [7, 11) is 0. The molecule has 2 aromatic rings. The summed E-state index contributed by atoms with van der Waals surface area (Å²) in [5, 5.41) is 0.